The van der Waals surface area contributed by atoms with Gasteiger partial charge in [0, 0.05) is 6.54 Å². The van der Waals surface area contributed by atoms with E-state index in [1.54, 1.807) is 0 Å². The lowest BCUT2D eigenvalue weighted by atomic mass is 10.2. The summed E-state index contributed by atoms with van der Waals surface area (Å²) < 4.78 is 0. The highest BCUT2D eigenvalue weighted by molar-refractivity contribution is 4.45. The van der Waals surface area contributed by atoms with Gasteiger partial charge in [-0.15, -0.1) is 4.91 Å². The van der Waals surface area contributed by atoms with Crippen molar-refractivity contribution in [3.05, 3.63) is 4.91 Å². The van der Waals surface area contributed by atoms with E-state index in [1.807, 2.05) is 0 Å². The van der Waals surface area contributed by atoms with Gasteiger partial charge in [-0.25, -0.2) is 5.01 Å². The number of nitroso groups, excluding NO2 is 1. The zero-order valence-electron chi connectivity index (χ0n) is 6.29. The summed E-state index contributed by atoms with van der Waals surface area (Å²) in [4.78, 5) is 9.85. The molecule has 4 heteroatoms. The largest absolute Gasteiger partial charge is 0.375 e. The van der Waals surface area contributed by atoms with E-state index in [-0.39, 0.29) is 6.73 Å². The molecule has 0 atom stereocenters. The van der Waals surface area contributed by atoms with Gasteiger partial charge in [0.1, 0.15) is 6.73 Å². The van der Waals surface area contributed by atoms with Gasteiger partial charge >= 0.3 is 0 Å². The van der Waals surface area contributed by atoms with Gasteiger partial charge in [-0.2, -0.15) is 0 Å². The Labute approximate surface area is 60.8 Å². The SMILES string of the molecule is CCCCCN(CO)N=O. The molecule has 0 spiro atoms. The lowest BCUT2D eigenvalue weighted by Gasteiger charge is -2.09. The molecule has 1 N–H and O–H groups in total. The van der Waals surface area contributed by atoms with Crippen LogP contribution in [0.25, 0.3) is 0 Å². The molecule has 10 heavy (non-hydrogen) atoms. The van der Waals surface area contributed by atoms with Crippen molar-refractivity contribution in [1.29, 1.82) is 0 Å². The first kappa shape index (κ1) is 9.36. The second-order valence-electron chi connectivity index (χ2n) is 2.16. The van der Waals surface area contributed by atoms with E-state index in [2.05, 4.69) is 12.2 Å². The maximum Gasteiger partial charge on any atom is 0.134 e. The Bertz CT molecular complexity index is 87.8. The minimum absolute atomic E-state index is 0.271. The smallest absolute Gasteiger partial charge is 0.134 e. The number of unbranched alkanes of at least 4 members (excludes halogenated alkanes) is 2. The molecule has 0 rings (SSSR count). The second kappa shape index (κ2) is 6.48. The molecule has 0 saturated heterocycles. The average Bonchev–Trinajstić information content (AvgIpc) is 1.99. The number of rotatable bonds is 6. The van der Waals surface area contributed by atoms with Crippen LogP contribution in [0, 0.1) is 4.91 Å². The van der Waals surface area contributed by atoms with E-state index in [1.165, 1.54) is 0 Å². The van der Waals surface area contributed by atoms with Crippen molar-refractivity contribution in [2.45, 2.75) is 26.2 Å². The van der Waals surface area contributed by atoms with E-state index in [0.717, 1.165) is 24.3 Å². The van der Waals surface area contributed by atoms with Gasteiger partial charge in [-0.3, -0.25) is 0 Å². The quantitative estimate of drug-likeness (QED) is 0.264. The third kappa shape index (κ3) is 4.26. The molecule has 0 aromatic carbocycles. The number of nitrogens with zero attached hydrogens (tertiary/aromatic N) is 2. The molecule has 0 saturated carbocycles. The maximum absolute atomic E-state index is 9.85. The first-order valence-corrected chi connectivity index (χ1v) is 3.54. The van der Waals surface area contributed by atoms with Crippen molar-refractivity contribution in [3.8, 4) is 0 Å². The van der Waals surface area contributed by atoms with Crippen LogP contribution in [0.4, 0.5) is 0 Å². The zero-order valence-corrected chi connectivity index (χ0v) is 6.29. The van der Waals surface area contributed by atoms with Crippen LogP contribution in [-0.4, -0.2) is 23.4 Å². The van der Waals surface area contributed by atoms with Gasteiger partial charge in [-0.1, -0.05) is 19.8 Å². The molecule has 0 aliphatic carbocycles. The number of aliphatic hydroxyl groups is 1. The van der Waals surface area contributed by atoms with Crippen molar-refractivity contribution in [2.75, 3.05) is 13.3 Å². The van der Waals surface area contributed by atoms with Gasteiger partial charge in [-0.05, 0) is 6.42 Å². The van der Waals surface area contributed by atoms with E-state index in [0.29, 0.717) is 6.54 Å². The summed E-state index contributed by atoms with van der Waals surface area (Å²) in [7, 11) is 0. The monoisotopic (exact) mass is 146 g/mol. The summed E-state index contributed by atoms with van der Waals surface area (Å²) in [6, 6.07) is 0. The van der Waals surface area contributed by atoms with Crippen LogP contribution in [0.3, 0.4) is 0 Å². The number of aliphatic hydroxyl groups excluding tert-OH is 1. The standard InChI is InChI=1S/C6H14N2O2/c1-2-3-4-5-8(6-9)7-10/h9H,2-6H2,1H3. The van der Waals surface area contributed by atoms with Gasteiger partial charge in [0.25, 0.3) is 0 Å². The second-order valence-corrected chi connectivity index (χ2v) is 2.16. The third-order valence-corrected chi connectivity index (χ3v) is 1.30. The molecule has 0 heterocycles. The Kier molecular flexibility index (Phi) is 6.06. The molecular formula is C6H14N2O2. The first-order valence-electron chi connectivity index (χ1n) is 3.54. The lowest BCUT2D eigenvalue weighted by Crippen LogP contribution is -2.18. The Hall–Kier alpha value is -0.640. The Morgan fingerprint density at radius 1 is 1.50 bits per heavy atom. The topological polar surface area (TPSA) is 52.9 Å². The Morgan fingerprint density at radius 3 is 2.60 bits per heavy atom. The molecule has 0 aromatic rings. The first-order chi connectivity index (χ1) is 4.85. The van der Waals surface area contributed by atoms with E-state index in [4.69, 9.17) is 5.11 Å². The molecule has 0 radical (unpaired) electrons. The highest BCUT2D eigenvalue weighted by Crippen LogP contribution is 1.96. The highest BCUT2D eigenvalue weighted by atomic mass is 16.3. The van der Waals surface area contributed by atoms with Crippen LogP contribution in [-0.2, 0) is 0 Å². The minimum Gasteiger partial charge on any atom is -0.375 e. The van der Waals surface area contributed by atoms with Crippen LogP contribution in [0.5, 0.6) is 0 Å². The lowest BCUT2D eigenvalue weighted by molar-refractivity contribution is 0.107. The fourth-order valence-corrected chi connectivity index (χ4v) is 0.682. The fourth-order valence-electron chi connectivity index (χ4n) is 0.682. The zero-order chi connectivity index (χ0) is 7.82. The summed E-state index contributed by atoms with van der Waals surface area (Å²) in [5.74, 6) is 0. The summed E-state index contributed by atoms with van der Waals surface area (Å²) in [5.41, 5.74) is 0. The van der Waals surface area contributed by atoms with E-state index in [9.17, 15) is 4.91 Å². The molecule has 0 unspecified atom stereocenters. The molecule has 4 nitrogen and oxygen atoms in total. The summed E-state index contributed by atoms with van der Waals surface area (Å²) >= 11 is 0. The number of hydrogen-bond acceptors (Lipinski definition) is 3. The maximum atomic E-state index is 9.85. The highest BCUT2D eigenvalue weighted by Gasteiger charge is 1.97. The molecular weight excluding hydrogens is 132 g/mol. The summed E-state index contributed by atoms with van der Waals surface area (Å²) in [6.07, 6.45) is 3.10. The Balaban J connectivity index is 3.17. The van der Waals surface area contributed by atoms with Crippen molar-refractivity contribution in [1.82, 2.24) is 5.01 Å². The average molecular weight is 146 g/mol. The molecule has 0 aliphatic rings. The molecule has 0 bridgehead atoms. The third-order valence-electron chi connectivity index (χ3n) is 1.30. The van der Waals surface area contributed by atoms with Crippen LogP contribution in [0.15, 0.2) is 5.29 Å². The van der Waals surface area contributed by atoms with Gasteiger partial charge < -0.3 is 5.11 Å². The molecule has 0 aliphatic heterocycles. The van der Waals surface area contributed by atoms with Gasteiger partial charge in [0.15, 0.2) is 0 Å². The minimum atomic E-state index is -0.271. The van der Waals surface area contributed by atoms with E-state index >= 15 is 0 Å². The van der Waals surface area contributed by atoms with Crippen LogP contribution in [0.1, 0.15) is 26.2 Å². The molecule has 0 fully saturated rings. The van der Waals surface area contributed by atoms with Crippen molar-refractivity contribution < 1.29 is 5.11 Å². The van der Waals surface area contributed by atoms with Crippen molar-refractivity contribution >= 4 is 0 Å². The molecule has 60 valence electrons. The predicted molar refractivity (Wildman–Crippen MR) is 39.1 cm³/mol. The van der Waals surface area contributed by atoms with E-state index < -0.39 is 0 Å². The summed E-state index contributed by atoms with van der Waals surface area (Å²) in [5, 5.41) is 12.2. The molecule has 0 amide bonds. The van der Waals surface area contributed by atoms with Gasteiger partial charge in [0.2, 0.25) is 0 Å². The number of hydrogen-bond donors (Lipinski definition) is 1. The van der Waals surface area contributed by atoms with Crippen molar-refractivity contribution in [2.24, 2.45) is 5.29 Å². The molecule has 0 aromatic heterocycles. The fraction of sp³-hybridized carbons (Fsp3) is 1.00. The van der Waals surface area contributed by atoms with Crippen LogP contribution >= 0.6 is 0 Å². The normalized spacial score (nSPS) is 9.40. The van der Waals surface area contributed by atoms with Gasteiger partial charge in [0.05, 0.1) is 5.29 Å². The predicted octanol–water partition coefficient (Wildman–Crippen LogP) is 1.11. The van der Waals surface area contributed by atoms with Crippen LogP contribution < -0.4 is 0 Å². The Morgan fingerprint density at radius 2 is 2.20 bits per heavy atom. The summed E-state index contributed by atoms with van der Waals surface area (Å²) in [6.45, 7) is 2.37. The van der Waals surface area contributed by atoms with Crippen molar-refractivity contribution in [3.63, 3.8) is 0 Å². The van der Waals surface area contributed by atoms with Crippen LogP contribution in [0.2, 0.25) is 0 Å².